The van der Waals surface area contributed by atoms with E-state index < -0.39 is 0 Å². The second kappa shape index (κ2) is 9.67. The Morgan fingerprint density at radius 1 is 1.12 bits per heavy atom. The Kier molecular flexibility index (Phi) is 6.30. The van der Waals surface area contributed by atoms with Crippen molar-refractivity contribution in [1.82, 2.24) is 19.9 Å². The van der Waals surface area contributed by atoms with Crippen molar-refractivity contribution in [3.8, 4) is 0 Å². The number of ether oxygens (including phenoxy) is 1. The van der Waals surface area contributed by atoms with Crippen LogP contribution in [0.3, 0.4) is 0 Å². The topological polar surface area (TPSA) is 71.5 Å². The van der Waals surface area contributed by atoms with E-state index in [1.807, 2.05) is 29.4 Å². The van der Waals surface area contributed by atoms with Gasteiger partial charge in [0, 0.05) is 44.0 Å². The number of aromatic nitrogens is 3. The number of rotatable bonds is 5. The summed E-state index contributed by atoms with van der Waals surface area (Å²) >= 11 is 0. The molecule has 7 heteroatoms. The Morgan fingerprint density at radius 2 is 2.00 bits per heavy atom. The van der Waals surface area contributed by atoms with Crippen LogP contribution in [0, 0.1) is 6.92 Å². The van der Waals surface area contributed by atoms with Gasteiger partial charge < -0.3 is 14.5 Å². The summed E-state index contributed by atoms with van der Waals surface area (Å²) in [6.45, 7) is 5.78. The van der Waals surface area contributed by atoms with Gasteiger partial charge in [0.1, 0.15) is 5.82 Å². The molecular weight excluding hydrogens is 414 g/mol. The molecule has 0 radical (unpaired) electrons. The Bertz CT molecular complexity index is 1130. The van der Waals surface area contributed by atoms with Crippen LogP contribution in [-0.2, 0) is 11.2 Å². The summed E-state index contributed by atoms with van der Waals surface area (Å²) in [5, 5.41) is 0. The zero-order valence-electron chi connectivity index (χ0n) is 19.0. The molecular formula is C26H29N5O2. The van der Waals surface area contributed by atoms with Crippen molar-refractivity contribution in [3.05, 3.63) is 83.1 Å². The first-order valence-corrected chi connectivity index (χ1v) is 11.6. The van der Waals surface area contributed by atoms with Gasteiger partial charge in [-0.3, -0.25) is 14.8 Å². The first kappa shape index (κ1) is 21.5. The molecule has 2 saturated heterocycles. The first-order chi connectivity index (χ1) is 16.2. The van der Waals surface area contributed by atoms with Crippen LogP contribution in [0.25, 0.3) is 0 Å². The maximum atomic E-state index is 13.5. The third-order valence-electron chi connectivity index (χ3n) is 6.35. The average molecular weight is 444 g/mol. The standard InChI is InChI=1S/C26H29N5O2/c1-19-4-2-5-20(14-19)15-22-17-27-18-23(29-22)24-6-3-9-31(24)26(32)21-7-8-28-25(16-21)30-10-12-33-13-11-30/h2,4-5,7-8,14,16-18,24H,3,6,9-13,15H2,1H3. The van der Waals surface area contributed by atoms with Crippen molar-refractivity contribution in [3.63, 3.8) is 0 Å². The molecule has 2 aliphatic heterocycles. The van der Waals surface area contributed by atoms with Crippen LogP contribution in [0.1, 0.15) is 51.8 Å². The van der Waals surface area contributed by atoms with Crippen LogP contribution < -0.4 is 4.90 Å². The van der Waals surface area contributed by atoms with Gasteiger partial charge in [-0.15, -0.1) is 0 Å². The molecule has 3 aromatic rings. The van der Waals surface area contributed by atoms with Gasteiger partial charge in [0.05, 0.1) is 36.8 Å². The molecule has 1 unspecified atom stereocenters. The van der Waals surface area contributed by atoms with Gasteiger partial charge >= 0.3 is 0 Å². The van der Waals surface area contributed by atoms with E-state index in [0.29, 0.717) is 18.8 Å². The van der Waals surface area contributed by atoms with Crippen molar-refractivity contribution in [2.45, 2.75) is 32.2 Å². The molecule has 0 bridgehead atoms. The van der Waals surface area contributed by atoms with Gasteiger partial charge in [0.25, 0.3) is 5.91 Å². The highest BCUT2D eigenvalue weighted by Gasteiger charge is 2.32. The highest BCUT2D eigenvalue weighted by Crippen LogP contribution is 2.32. The summed E-state index contributed by atoms with van der Waals surface area (Å²) < 4.78 is 5.44. The number of carbonyl (C=O) groups is 1. The Morgan fingerprint density at radius 3 is 2.85 bits per heavy atom. The number of anilines is 1. The molecule has 170 valence electrons. The molecule has 0 spiro atoms. The number of amides is 1. The molecule has 0 saturated carbocycles. The maximum absolute atomic E-state index is 13.5. The van der Waals surface area contributed by atoms with Gasteiger partial charge in [0.2, 0.25) is 0 Å². The van der Waals surface area contributed by atoms with Gasteiger partial charge in [-0.2, -0.15) is 0 Å². The lowest BCUT2D eigenvalue weighted by Gasteiger charge is -2.28. The predicted molar refractivity (Wildman–Crippen MR) is 126 cm³/mol. The smallest absolute Gasteiger partial charge is 0.254 e. The van der Waals surface area contributed by atoms with Gasteiger partial charge in [0.15, 0.2) is 0 Å². The quantitative estimate of drug-likeness (QED) is 0.600. The van der Waals surface area contributed by atoms with E-state index in [2.05, 4.69) is 46.1 Å². The summed E-state index contributed by atoms with van der Waals surface area (Å²) in [5.74, 6) is 0.861. The zero-order chi connectivity index (χ0) is 22.6. The van der Waals surface area contributed by atoms with Crippen LogP contribution >= 0.6 is 0 Å². The fourth-order valence-corrected chi connectivity index (χ4v) is 4.70. The lowest BCUT2D eigenvalue weighted by Crippen LogP contribution is -2.37. The van der Waals surface area contributed by atoms with E-state index in [1.54, 1.807) is 6.20 Å². The molecule has 0 aliphatic carbocycles. The van der Waals surface area contributed by atoms with Crippen LogP contribution in [0.4, 0.5) is 5.82 Å². The van der Waals surface area contributed by atoms with Crippen LogP contribution in [0.5, 0.6) is 0 Å². The number of benzene rings is 1. The van der Waals surface area contributed by atoms with Crippen molar-refractivity contribution >= 4 is 11.7 Å². The number of hydrogen-bond acceptors (Lipinski definition) is 6. The van der Waals surface area contributed by atoms with Crippen molar-refractivity contribution < 1.29 is 9.53 Å². The minimum absolute atomic E-state index is 0.0281. The number of carbonyl (C=O) groups excluding carboxylic acids is 1. The molecule has 2 aromatic heterocycles. The first-order valence-electron chi connectivity index (χ1n) is 11.6. The lowest BCUT2D eigenvalue weighted by molar-refractivity contribution is 0.0732. The molecule has 0 N–H and O–H groups in total. The SMILES string of the molecule is Cc1cccc(Cc2cncc(C3CCCN3C(=O)c3ccnc(N4CCOCC4)c3)n2)c1. The minimum Gasteiger partial charge on any atom is -0.378 e. The molecule has 2 fully saturated rings. The molecule has 2 aliphatic rings. The number of likely N-dealkylation sites (tertiary alicyclic amines) is 1. The fraction of sp³-hybridized carbons (Fsp3) is 0.385. The minimum atomic E-state index is -0.0533. The van der Waals surface area contributed by atoms with Crippen LogP contribution in [0.2, 0.25) is 0 Å². The molecule has 1 amide bonds. The Labute approximate surface area is 194 Å². The van der Waals surface area contributed by atoms with E-state index in [0.717, 1.165) is 56.1 Å². The summed E-state index contributed by atoms with van der Waals surface area (Å²) in [6.07, 6.45) is 7.95. The molecule has 7 nitrogen and oxygen atoms in total. The highest BCUT2D eigenvalue weighted by molar-refractivity contribution is 5.95. The summed E-state index contributed by atoms with van der Waals surface area (Å²) in [6, 6.07) is 12.1. The van der Waals surface area contributed by atoms with Gasteiger partial charge in [-0.05, 0) is 37.5 Å². The molecule has 5 rings (SSSR count). The van der Waals surface area contributed by atoms with E-state index in [4.69, 9.17) is 9.72 Å². The number of aryl methyl sites for hydroxylation is 1. The van der Waals surface area contributed by atoms with Crippen molar-refractivity contribution in [2.75, 3.05) is 37.7 Å². The number of pyridine rings is 1. The molecule has 1 atom stereocenters. The number of nitrogens with zero attached hydrogens (tertiary/aromatic N) is 5. The second-order valence-corrected chi connectivity index (χ2v) is 8.76. The average Bonchev–Trinajstić information content (AvgIpc) is 3.34. The Balaban J connectivity index is 1.34. The van der Waals surface area contributed by atoms with Crippen molar-refractivity contribution in [2.24, 2.45) is 0 Å². The summed E-state index contributed by atoms with van der Waals surface area (Å²) in [4.78, 5) is 31.4. The molecule has 1 aromatic carbocycles. The van der Waals surface area contributed by atoms with Gasteiger partial charge in [-0.1, -0.05) is 29.8 Å². The highest BCUT2D eigenvalue weighted by atomic mass is 16.5. The van der Waals surface area contributed by atoms with Crippen LogP contribution in [0.15, 0.2) is 55.0 Å². The summed E-state index contributed by atoms with van der Waals surface area (Å²) in [5.41, 5.74) is 4.91. The van der Waals surface area contributed by atoms with Gasteiger partial charge in [-0.25, -0.2) is 4.98 Å². The lowest BCUT2D eigenvalue weighted by atomic mass is 10.1. The maximum Gasteiger partial charge on any atom is 0.254 e. The molecule has 4 heterocycles. The predicted octanol–water partition coefficient (Wildman–Crippen LogP) is 3.58. The number of hydrogen-bond donors (Lipinski definition) is 0. The summed E-state index contributed by atoms with van der Waals surface area (Å²) in [7, 11) is 0. The fourth-order valence-electron chi connectivity index (χ4n) is 4.70. The zero-order valence-corrected chi connectivity index (χ0v) is 19.0. The third-order valence-corrected chi connectivity index (χ3v) is 6.35. The van der Waals surface area contributed by atoms with Crippen molar-refractivity contribution in [1.29, 1.82) is 0 Å². The van der Waals surface area contributed by atoms with E-state index in [9.17, 15) is 4.79 Å². The number of morpholine rings is 1. The normalized spacial score (nSPS) is 18.5. The van der Waals surface area contributed by atoms with E-state index >= 15 is 0 Å². The second-order valence-electron chi connectivity index (χ2n) is 8.76. The van der Waals surface area contributed by atoms with Crippen LogP contribution in [-0.4, -0.2) is 58.6 Å². The largest absolute Gasteiger partial charge is 0.378 e. The Hall–Kier alpha value is -3.32. The molecule has 33 heavy (non-hydrogen) atoms. The van der Waals surface area contributed by atoms with E-state index in [1.165, 1.54) is 11.1 Å². The van der Waals surface area contributed by atoms with E-state index in [-0.39, 0.29) is 11.9 Å². The third kappa shape index (κ3) is 4.88. The monoisotopic (exact) mass is 443 g/mol.